The molecule has 0 aromatic carbocycles. The minimum Gasteiger partial charge on any atom is -0.548 e. The lowest BCUT2D eigenvalue weighted by Gasteiger charge is -2.25. The highest BCUT2D eigenvalue weighted by Crippen LogP contribution is 2.07. The minimum atomic E-state index is -1.34. The van der Waals surface area contributed by atoms with E-state index in [0.29, 0.717) is 6.42 Å². The van der Waals surface area contributed by atoms with Gasteiger partial charge >= 0.3 is 0 Å². The molecule has 0 bridgehead atoms. The van der Waals surface area contributed by atoms with E-state index in [2.05, 4.69) is 11.1 Å². The zero-order valence-electron chi connectivity index (χ0n) is 10.6. The molecule has 0 fully saturated rings. The molecule has 7 heteroatoms. The van der Waals surface area contributed by atoms with E-state index in [9.17, 15) is 24.6 Å². The lowest BCUT2D eigenvalue weighted by atomic mass is 9.99. The third kappa shape index (κ3) is 5.62. The number of aliphatic carboxylic acids is 2. The molecule has 0 heterocycles. The maximum atomic E-state index is 11.5. The fourth-order valence-electron chi connectivity index (χ4n) is 1.34. The number of carbonyl (C=O) groups excluding carboxylic acids is 3. The van der Waals surface area contributed by atoms with Gasteiger partial charge in [0.1, 0.15) is 6.04 Å². The molecule has 7 nitrogen and oxygen atoms in total. The molecule has 0 aromatic heterocycles. The number of nitrogens with one attached hydrogen (secondary N) is 1. The first-order chi connectivity index (χ1) is 8.29. The largest absolute Gasteiger partial charge is 0.548 e. The van der Waals surface area contributed by atoms with Crippen molar-refractivity contribution in [3.8, 4) is 0 Å². The summed E-state index contributed by atoms with van der Waals surface area (Å²) in [6.07, 6.45) is 0.479. The van der Waals surface area contributed by atoms with Crippen LogP contribution in [0.1, 0.15) is 33.1 Å². The van der Waals surface area contributed by atoms with Crippen LogP contribution >= 0.6 is 0 Å². The molecule has 0 rings (SSSR count). The van der Waals surface area contributed by atoms with Crippen LogP contribution in [0.3, 0.4) is 0 Å². The molecule has 1 amide bonds. The van der Waals surface area contributed by atoms with Crippen molar-refractivity contribution in [2.45, 2.75) is 45.2 Å². The number of rotatable bonds is 8. The molecule has 0 unspecified atom stereocenters. The van der Waals surface area contributed by atoms with Gasteiger partial charge in [-0.15, -0.1) is 0 Å². The Balaban J connectivity index is 4.27. The Hall–Kier alpha value is -1.63. The topological polar surface area (TPSA) is 137 Å². The van der Waals surface area contributed by atoms with Crippen LogP contribution in [0.15, 0.2) is 0 Å². The van der Waals surface area contributed by atoms with Crippen LogP contribution in [0.4, 0.5) is 0 Å². The van der Waals surface area contributed by atoms with Crippen LogP contribution in [0.2, 0.25) is 0 Å². The van der Waals surface area contributed by atoms with Gasteiger partial charge in [0.15, 0.2) is 0 Å². The highest BCUT2D eigenvalue weighted by Gasteiger charge is 2.20. The molecular formula is C11H19N2O5-. The fraction of sp³-hybridized carbons (Fsp3) is 0.727. The van der Waals surface area contributed by atoms with E-state index in [1.807, 2.05) is 0 Å². The number of hydrogen-bond acceptors (Lipinski definition) is 5. The molecule has 0 spiro atoms. The van der Waals surface area contributed by atoms with Gasteiger partial charge in [-0.05, 0) is 5.92 Å². The van der Waals surface area contributed by atoms with Crippen molar-refractivity contribution in [3.63, 3.8) is 0 Å². The summed E-state index contributed by atoms with van der Waals surface area (Å²) in [6.45, 7) is 3.49. The Morgan fingerprint density at radius 3 is 2.17 bits per heavy atom. The van der Waals surface area contributed by atoms with E-state index in [0.717, 1.165) is 0 Å². The number of carbonyl (C=O) groups is 3. The highest BCUT2D eigenvalue weighted by molar-refractivity contribution is 5.83. The van der Waals surface area contributed by atoms with Crippen molar-refractivity contribution in [3.05, 3.63) is 0 Å². The number of hydrogen-bond donors (Lipinski definition) is 2. The second kappa shape index (κ2) is 7.65. The standard InChI is InChI=1S/C11H20N2O5/c1-3-6(2)9(11(17)18)13-8(14)5-4-7(12)10(15)16/h6-7,9H,3-5,12H2,1-2H3,(H,13,14)(H,15,16)(H,17,18)/p-1/t6-,7-,9-/m0/s1. The Bertz CT molecular complexity index is 319. The zero-order valence-corrected chi connectivity index (χ0v) is 10.6. The summed E-state index contributed by atoms with van der Waals surface area (Å²) in [7, 11) is 0. The van der Waals surface area contributed by atoms with E-state index < -0.39 is 29.9 Å². The smallest absolute Gasteiger partial charge is 0.220 e. The van der Waals surface area contributed by atoms with Gasteiger partial charge in [0.05, 0.1) is 18.0 Å². The number of quaternary nitrogens is 1. The quantitative estimate of drug-likeness (QED) is 0.464. The first-order valence-electron chi connectivity index (χ1n) is 5.83. The molecule has 0 radical (unpaired) electrons. The average Bonchev–Trinajstić information content (AvgIpc) is 2.31. The Morgan fingerprint density at radius 1 is 1.22 bits per heavy atom. The number of carboxylic acid groups (broad SMARTS) is 2. The lowest BCUT2D eigenvalue weighted by molar-refractivity contribution is -0.438. The second-order valence-corrected chi connectivity index (χ2v) is 4.30. The van der Waals surface area contributed by atoms with E-state index in [1.165, 1.54) is 0 Å². The molecule has 4 N–H and O–H groups in total. The summed E-state index contributed by atoms with van der Waals surface area (Å²) < 4.78 is 0. The van der Waals surface area contributed by atoms with Crippen molar-refractivity contribution in [2.75, 3.05) is 0 Å². The molecule has 3 atom stereocenters. The zero-order chi connectivity index (χ0) is 14.3. The van der Waals surface area contributed by atoms with Crippen LogP contribution in [0.25, 0.3) is 0 Å². The SMILES string of the molecule is CC[C@H](C)[C@H](NC(=O)CC[C@H]([NH3+])C(=O)[O-])C(=O)[O-]. The summed E-state index contributed by atoms with van der Waals surface area (Å²) in [5, 5.41) is 23.5. The van der Waals surface area contributed by atoms with Crippen LogP contribution in [-0.2, 0) is 14.4 Å². The number of carboxylic acids is 2. The monoisotopic (exact) mass is 259 g/mol. The first kappa shape index (κ1) is 16.4. The summed E-state index contributed by atoms with van der Waals surface area (Å²) >= 11 is 0. The van der Waals surface area contributed by atoms with Crippen molar-refractivity contribution < 1.29 is 30.3 Å². The molecular weight excluding hydrogens is 240 g/mol. The van der Waals surface area contributed by atoms with Gasteiger partial charge in [0, 0.05) is 12.8 Å². The van der Waals surface area contributed by atoms with Crippen molar-refractivity contribution in [2.24, 2.45) is 5.92 Å². The van der Waals surface area contributed by atoms with E-state index >= 15 is 0 Å². The van der Waals surface area contributed by atoms with Gasteiger partial charge in [-0.2, -0.15) is 0 Å². The highest BCUT2D eigenvalue weighted by atomic mass is 16.4. The molecule has 0 aliphatic heterocycles. The number of amides is 1. The summed E-state index contributed by atoms with van der Waals surface area (Å²) in [5.41, 5.74) is 3.30. The fourth-order valence-corrected chi connectivity index (χ4v) is 1.34. The lowest BCUT2D eigenvalue weighted by Crippen LogP contribution is -2.68. The van der Waals surface area contributed by atoms with Crippen LogP contribution in [0.5, 0.6) is 0 Å². The van der Waals surface area contributed by atoms with E-state index in [-0.39, 0.29) is 18.8 Å². The van der Waals surface area contributed by atoms with Gasteiger partial charge in [-0.25, -0.2) is 0 Å². The molecule has 0 saturated carbocycles. The van der Waals surface area contributed by atoms with E-state index in [4.69, 9.17) is 0 Å². The van der Waals surface area contributed by atoms with Crippen molar-refractivity contribution >= 4 is 17.8 Å². The maximum absolute atomic E-state index is 11.5. The summed E-state index contributed by atoms with van der Waals surface area (Å²) in [4.78, 5) is 32.7. The Labute approximate surface area is 105 Å². The molecule has 0 aromatic rings. The normalized spacial score (nSPS) is 15.5. The van der Waals surface area contributed by atoms with Crippen LogP contribution < -0.4 is 21.3 Å². The van der Waals surface area contributed by atoms with E-state index in [1.54, 1.807) is 13.8 Å². The maximum Gasteiger partial charge on any atom is 0.220 e. The van der Waals surface area contributed by atoms with Gasteiger partial charge in [0.25, 0.3) is 0 Å². The predicted molar refractivity (Wildman–Crippen MR) is 57.3 cm³/mol. The molecule has 104 valence electrons. The van der Waals surface area contributed by atoms with Gasteiger partial charge < -0.3 is 30.9 Å². The van der Waals surface area contributed by atoms with Gasteiger partial charge in [-0.3, -0.25) is 4.79 Å². The third-order valence-corrected chi connectivity index (χ3v) is 2.84. The van der Waals surface area contributed by atoms with Gasteiger partial charge in [0.2, 0.25) is 5.91 Å². The minimum absolute atomic E-state index is 0.00837. The molecule has 18 heavy (non-hydrogen) atoms. The summed E-state index contributed by atoms with van der Waals surface area (Å²) in [5.74, 6) is -3.46. The molecule has 0 aliphatic carbocycles. The van der Waals surface area contributed by atoms with Gasteiger partial charge in [-0.1, -0.05) is 20.3 Å². The Morgan fingerprint density at radius 2 is 1.78 bits per heavy atom. The molecule has 0 aliphatic rings. The third-order valence-electron chi connectivity index (χ3n) is 2.84. The Kier molecular flexibility index (Phi) is 6.96. The van der Waals surface area contributed by atoms with Crippen molar-refractivity contribution in [1.82, 2.24) is 5.32 Å². The second-order valence-electron chi connectivity index (χ2n) is 4.30. The predicted octanol–water partition coefficient (Wildman–Crippen LogP) is -3.59. The molecule has 0 saturated heterocycles. The first-order valence-corrected chi connectivity index (χ1v) is 5.83. The van der Waals surface area contributed by atoms with Crippen LogP contribution in [0, 0.1) is 5.92 Å². The van der Waals surface area contributed by atoms with Crippen LogP contribution in [-0.4, -0.2) is 29.9 Å². The van der Waals surface area contributed by atoms with Crippen molar-refractivity contribution in [1.29, 1.82) is 0 Å². The summed E-state index contributed by atoms with van der Waals surface area (Å²) in [6, 6.07) is -2.05. The average molecular weight is 259 g/mol.